The van der Waals surface area contributed by atoms with E-state index in [0.29, 0.717) is 19.4 Å². The van der Waals surface area contributed by atoms with Crippen molar-refractivity contribution in [2.75, 3.05) is 33.4 Å². The van der Waals surface area contributed by atoms with Gasteiger partial charge in [0.05, 0.1) is 13.2 Å². The van der Waals surface area contributed by atoms with E-state index < -0.39 is 32.5 Å². The van der Waals surface area contributed by atoms with Gasteiger partial charge in [0.1, 0.15) is 6.61 Å². The lowest BCUT2D eigenvalue weighted by Crippen LogP contribution is -2.29. The number of esters is 2. The zero-order valence-corrected chi connectivity index (χ0v) is 34.1. The van der Waals surface area contributed by atoms with E-state index in [2.05, 4.69) is 67.8 Å². The van der Waals surface area contributed by atoms with Crippen LogP contribution in [-0.4, -0.2) is 56.3 Å². The molecule has 0 amide bonds. The summed E-state index contributed by atoms with van der Waals surface area (Å²) in [6, 6.07) is 0. The van der Waals surface area contributed by atoms with Gasteiger partial charge in [-0.15, -0.1) is 0 Å². The van der Waals surface area contributed by atoms with Gasteiger partial charge in [-0.25, -0.2) is 4.57 Å². The summed E-state index contributed by atoms with van der Waals surface area (Å²) < 4.78 is 33.1. The summed E-state index contributed by atoms with van der Waals surface area (Å²) in [5.41, 5.74) is 0. The third kappa shape index (κ3) is 37.7. The third-order valence-electron chi connectivity index (χ3n) is 8.46. The highest BCUT2D eigenvalue weighted by molar-refractivity contribution is 7.47. The number of rotatable bonds is 38. The fourth-order valence-corrected chi connectivity index (χ4v) is 6.12. The maximum Gasteiger partial charge on any atom is 0.472 e. The van der Waals surface area contributed by atoms with Crippen molar-refractivity contribution in [3.63, 3.8) is 0 Å². The Hall–Kier alpha value is -2.03. The van der Waals surface area contributed by atoms with Gasteiger partial charge in [-0.1, -0.05) is 152 Å². The van der Waals surface area contributed by atoms with Crippen molar-refractivity contribution < 1.29 is 37.6 Å². The first-order valence-corrected chi connectivity index (χ1v) is 22.1. The molecule has 0 spiro atoms. The summed E-state index contributed by atoms with van der Waals surface area (Å²) in [6.07, 6.45) is 41.6. The molecule has 9 nitrogen and oxygen atoms in total. The first-order valence-electron chi connectivity index (χ1n) is 20.6. The van der Waals surface area contributed by atoms with Crippen LogP contribution < -0.4 is 5.32 Å². The number of carbonyl (C=O) groups is 2. The fraction of sp³-hybridized carbons (Fsp3) is 0.762. The molecular weight excluding hydrogens is 677 g/mol. The zero-order valence-electron chi connectivity index (χ0n) is 33.2. The summed E-state index contributed by atoms with van der Waals surface area (Å²) in [5.74, 6) is -0.854. The van der Waals surface area contributed by atoms with Crippen molar-refractivity contribution in [1.82, 2.24) is 5.32 Å². The van der Waals surface area contributed by atoms with Crippen LogP contribution in [0.3, 0.4) is 0 Å². The monoisotopic (exact) mass is 754 g/mol. The van der Waals surface area contributed by atoms with Crippen molar-refractivity contribution in [1.29, 1.82) is 0 Å². The summed E-state index contributed by atoms with van der Waals surface area (Å²) >= 11 is 0. The molecule has 0 aliphatic carbocycles. The largest absolute Gasteiger partial charge is 0.472 e. The maximum absolute atomic E-state index is 12.6. The average Bonchev–Trinajstić information content (AvgIpc) is 3.12. The molecule has 0 heterocycles. The second-order valence-corrected chi connectivity index (χ2v) is 14.9. The molecular formula is C42H76NO8P. The van der Waals surface area contributed by atoms with Crippen LogP contribution in [0.5, 0.6) is 0 Å². The molecule has 0 aromatic rings. The molecule has 2 atom stereocenters. The minimum absolute atomic E-state index is 0.0240. The lowest BCUT2D eigenvalue weighted by Gasteiger charge is -2.20. The van der Waals surface area contributed by atoms with E-state index in [-0.39, 0.29) is 26.1 Å². The molecule has 0 aromatic heterocycles. The van der Waals surface area contributed by atoms with Crippen molar-refractivity contribution in [2.45, 2.75) is 174 Å². The SMILES string of the molecule is CC/C=C\C/C=C\C/C=C\C/C=C\CCCCC(=O)OCC(COP(=O)(O)OCCNC)OC(=O)CCCCCCCCCCCCCCCCC. The number of likely N-dealkylation sites (N-methyl/N-ethyl adjacent to an activating group) is 1. The second-order valence-electron chi connectivity index (χ2n) is 13.4. The van der Waals surface area contributed by atoms with Crippen LogP contribution in [0.15, 0.2) is 48.6 Å². The van der Waals surface area contributed by atoms with Gasteiger partial charge in [0.15, 0.2) is 6.10 Å². The van der Waals surface area contributed by atoms with Gasteiger partial charge in [-0.3, -0.25) is 18.6 Å². The van der Waals surface area contributed by atoms with E-state index in [4.69, 9.17) is 18.5 Å². The van der Waals surface area contributed by atoms with Gasteiger partial charge in [0, 0.05) is 19.4 Å². The van der Waals surface area contributed by atoms with E-state index >= 15 is 0 Å². The summed E-state index contributed by atoms with van der Waals surface area (Å²) in [4.78, 5) is 35.0. The molecule has 52 heavy (non-hydrogen) atoms. The van der Waals surface area contributed by atoms with Gasteiger partial charge in [-0.05, 0) is 58.4 Å². The minimum Gasteiger partial charge on any atom is -0.462 e. The highest BCUT2D eigenvalue weighted by Gasteiger charge is 2.26. The van der Waals surface area contributed by atoms with Crippen LogP contribution in [0.4, 0.5) is 0 Å². The molecule has 0 rings (SSSR count). The van der Waals surface area contributed by atoms with Crippen LogP contribution in [0, 0.1) is 0 Å². The minimum atomic E-state index is -4.35. The van der Waals surface area contributed by atoms with E-state index in [1.807, 2.05) is 0 Å². The molecule has 2 unspecified atom stereocenters. The molecule has 2 N–H and O–H groups in total. The van der Waals surface area contributed by atoms with E-state index in [9.17, 15) is 19.0 Å². The Balaban J connectivity index is 4.31. The normalized spacial score (nSPS) is 13.8. The van der Waals surface area contributed by atoms with Crippen molar-refractivity contribution >= 4 is 19.8 Å². The molecule has 0 bridgehead atoms. The molecule has 0 fully saturated rings. The van der Waals surface area contributed by atoms with Gasteiger partial charge in [0.25, 0.3) is 0 Å². The van der Waals surface area contributed by atoms with Crippen LogP contribution in [0.1, 0.15) is 168 Å². The summed E-state index contributed by atoms with van der Waals surface area (Å²) in [7, 11) is -2.66. The fourth-order valence-electron chi connectivity index (χ4n) is 5.37. The number of ether oxygens (including phenoxy) is 2. The predicted octanol–water partition coefficient (Wildman–Crippen LogP) is 11.4. The smallest absolute Gasteiger partial charge is 0.462 e. The first kappa shape index (κ1) is 50.0. The van der Waals surface area contributed by atoms with Crippen LogP contribution in [-0.2, 0) is 32.7 Å². The Morgan fingerprint density at radius 1 is 0.615 bits per heavy atom. The molecule has 0 aliphatic rings. The van der Waals surface area contributed by atoms with Crippen LogP contribution >= 0.6 is 7.82 Å². The number of phosphoric acid groups is 1. The molecule has 0 aromatic carbocycles. The van der Waals surface area contributed by atoms with Crippen LogP contribution in [0.2, 0.25) is 0 Å². The van der Waals surface area contributed by atoms with Crippen molar-refractivity contribution in [3.8, 4) is 0 Å². The molecule has 0 saturated carbocycles. The molecule has 10 heteroatoms. The summed E-state index contributed by atoms with van der Waals surface area (Å²) in [6.45, 7) is 4.06. The Kier molecular flexibility index (Phi) is 37.2. The maximum atomic E-state index is 12.6. The van der Waals surface area contributed by atoms with Gasteiger partial charge in [0.2, 0.25) is 0 Å². The highest BCUT2D eigenvalue weighted by atomic mass is 31.2. The van der Waals surface area contributed by atoms with E-state index in [1.165, 1.54) is 77.0 Å². The number of hydrogen-bond acceptors (Lipinski definition) is 8. The topological polar surface area (TPSA) is 120 Å². The Labute approximate surface area is 318 Å². The lowest BCUT2D eigenvalue weighted by molar-refractivity contribution is -0.161. The lowest BCUT2D eigenvalue weighted by atomic mass is 10.0. The zero-order chi connectivity index (χ0) is 38.2. The Bertz CT molecular complexity index is 996. The molecule has 0 aliphatic heterocycles. The third-order valence-corrected chi connectivity index (χ3v) is 9.45. The first-order chi connectivity index (χ1) is 25.3. The van der Waals surface area contributed by atoms with E-state index in [0.717, 1.165) is 51.4 Å². The van der Waals surface area contributed by atoms with Gasteiger partial charge in [-0.2, -0.15) is 0 Å². The quantitative estimate of drug-likeness (QED) is 0.0275. The molecule has 0 saturated heterocycles. The van der Waals surface area contributed by atoms with Crippen LogP contribution in [0.25, 0.3) is 0 Å². The number of phosphoric ester groups is 1. The average molecular weight is 754 g/mol. The number of unbranched alkanes of at least 4 members (excludes halogenated alkanes) is 16. The number of allylic oxidation sites excluding steroid dienone is 8. The van der Waals surface area contributed by atoms with Crippen molar-refractivity contribution in [3.05, 3.63) is 48.6 Å². The Morgan fingerprint density at radius 2 is 1.10 bits per heavy atom. The van der Waals surface area contributed by atoms with E-state index in [1.54, 1.807) is 7.05 Å². The second kappa shape index (κ2) is 38.7. The molecule has 302 valence electrons. The molecule has 0 radical (unpaired) electrons. The standard InChI is InChI=1S/C42H76NO8P/c1-4-6-8-10-12-14-16-18-20-22-24-26-28-30-32-34-41(44)48-38-40(39-50-52(46,47)49-37-36-43-3)51-42(45)35-33-31-29-27-25-23-21-19-17-15-13-11-9-7-5-2/h6,8,12,14,18,20,24,26,40,43H,4-5,7,9-11,13,15-17,19,21-23,25,27-39H2,1-3H3,(H,46,47)/b8-6-,14-12-,20-18-,26-24-. The van der Waals surface area contributed by atoms with Crippen molar-refractivity contribution in [2.24, 2.45) is 0 Å². The highest BCUT2D eigenvalue weighted by Crippen LogP contribution is 2.43. The summed E-state index contributed by atoms with van der Waals surface area (Å²) in [5, 5.41) is 2.82. The van der Waals surface area contributed by atoms with Gasteiger partial charge < -0.3 is 19.7 Å². The number of carbonyl (C=O) groups excluding carboxylic acids is 2. The number of nitrogens with one attached hydrogen (secondary N) is 1. The predicted molar refractivity (Wildman–Crippen MR) is 215 cm³/mol. The number of hydrogen-bond donors (Lipinski definition) is 2. The van der Waals surface area contributed by atoms with Gasteiger partial charge >= 0.3 is 19.8 Å². The Morgan fingerprint density at radius 3 is 1.63 bits per heavy atom.